The van der Waals surface area contributed by atoms with Crippen LogP contribution in [0.1, 0.15) is 23.7 Å². The van der Waals surface area contributed by atoms with Gasteiger partial charge < -0.3 is 4.90 Å². The van der Waals surface area contributed by atoms with E-state index < -0.39 is 15.9 Å². The van der Waals surface area contributed by atoms with Crippen LogP contribution >= 0.6 is 11.6 Å². The quantitative estimate of drug-likeness (QED) is 0.622. The number of anilines is 1. The molecular weight excluding hydrogens is 314 g/mol. The van der Waals surface area contributed by atoms with Gasteiger partial charge in [0, 0.05) is 11.3 Å². The molecule has 1 heterocycles. The van der Waals surface area contributed by atoms with Gasteiger partial charge in [0.2, 0.25) is 5.91 Å². The maximum atomic E-state index is 12.1. The first-order valence-electron chi connectivity index (χ1n) is 6.53. The van der Waals surface area contributed by atoms with Crippen molar-refractivity contribution in [3.05, 3.63) is 29.8 Å². The van der Waals surface area contributed by atoms with Crippen LogP contribution in [0.3, 0.4) is 0 Å². The molecule has 1 aliphatic heterocycles. The standard InChI is InChI=1S/C14H16ClNO4S/c1-10(17)11-3-2-4-12(7-11)16(14(18)8-15)13-5-6-21(19,20)9-13/h2-4,7,13H,5-6,8-9H2,1H3/t13-/m1/s1. The van der Waals surface area contributed by atoms with Gasteiger partial charge in [-0.2, -0.15) is 0 Å². The molecule has 0 bridgehead atoms. The molecule has 0 radical (unpaired) electrons. The highest BCUT2D eigenvalue weighted by atomic mass is 35.5. The lowest BCUT2D eigenvalue weighted by molar-refractivity contribution is -0.116. The number of carbonyl (C=O) groups excluding carboxylic acids is 2. The van der Waals surface area contributed by atoms with Crippen LogP contribution < -0.4 is 4.90 Å². The van der Waals surface area contributed by atoms with E-state index in [1.54, 1.807) is 24.3 Å². The van der Waals surface area contributed by atoms with Gasteiger partial charge in [-0.1, -0.05) is 12.1 Å². The lowest BCUT2D eigenvalue weighted by Crippen LogP contribution is -2.42. The van der Waals surface area contributed by atoms with Crippen LogP contribution in [0.25, 0.3) is 0 Å². The molecule has 0 aromatic heterocycles. The number of hydrogen-bond acceptors (Lipinski definition) is 4. The first kappa shape index (κ1) is 16.0. The smallest absolute Gasteiger partial charge is 0.242 e. The number of carbonyl (C=O) groups is 2. The van der Waals surface area contributed by atoms with Gasteiger partial charge in [-0.15, -0.1) is 11.6 Å². The molecule has 0 spiro atoms. The van der Waals surface area contributed by atoms with Gasteiger partial charge in [-0.05, 0) is 25.5 Å². The molecule has 7 heteroatoms. The molecule has 114 valence electrons. The van der Waals surface area contributed by atoms with Gasteiger partial charge in [-0.25, -0.2) is 8.42 Å². The fourth-order valence-electron chi connectivity index (χ4n) is 2.48. The summed E-state index contributed by atoms with van der Waals surface area (Å²) in [6, 6.07) is 6.17. The van der Waals surface area contributed by atoms with Crippen molar-refractivity contribution in [2.24, 2.45) is 0 Å². The van der Waals surface area contributed by atoms with E-state index in [9.17, 15) is 18.0 Å². The summed E-state index contributed by atoms with van der Waals surface area (Å²) in [5.41, 5.74) is 0.983. The second kappa shape index (κ2) is 6.15. The summed E-state index contributed by atoms with van der Waals surface area (Å²) in [5.74, 6) is -0.717. The Hall–Kier alpha value is -1.40. The van der Waals surface area contributed by atoms with Crippen LogP contribution in [-0.2, 0) is 14.6 Å². The van der Waals surface area contributed by atoms with Gasteiger partial charge in [0.05, 0.1) is 17.5 Å². The Morgan fingerprint density at radius 1 is 1.38 bits per heavy atom. The zero-order valence-corrected chi connectivity index (χ0v) is 13.2. The Morgan fingerprint density at radius 3 is 2.62 bits per heavy atom. The van der Waals surface area contributed by atoms with E-state index >= 15 is 0 Å². The molecule has 5 nitrogen and oxygen atoms in total. The van der Waals surface area contributed by atoms with Crippen molar-refractivity contribution in [3.63, 3.8) is 0 Å². The van der Waals surface area contributed by atoms with Crippen molar-refractivity contribution in [1.29, 1.82) is 0 Å². The molecule has 1 fully saturated rings. The molecule has 1 aromatic carbocycles. The Kier molecular flexibility index (Phi) is 4.68. The van der Waals surface area contributed by atoms with Gasteiger partial charge in [0.15, 0.2) is 15.6 Å². The van der Waals surface area contributed by atoms with Gasteiger partial charge >= 0.3 is 0 Å². The Balaban J connectivity index is 2.39. The lowest BCUT2D eigenvalue weighted by atomic mass is 10.1. The third-order valence-corrected chi connectivity index (χ3v) is 5.47. The average molecular weight is 330 g/mol. The molecule has 0 unspecified atom stereocenters. The van der Waals surface area contributed by atoms with E-state index in [-0.39, 0.29) is 29.1 Å². The van der Waals surface area contributed by atoms with Crippen molar-refractivity contribution >= 4 is 38.8 Å². The molecule has 0 aliphatic carbocycles. The van der Waals surface area contributed by atoms with E-state index in [1.807, 2.05) is 0 Å². The third-order valence-electron chi connectivity index (χ3n) is 3.49. The Morgan fingerprint density at radius 2 is 2.10 bits per heavy atom. The molecule has 1 saturated heterocycles. The number of hydrogen-bond donors (Lipinski definition) is 0. The van der Waals surface area contributed by atoms with Crippen LogP contribution in [-0.4, -0.2) is 43.5 Å². The van der Waals surface area contributed by atoms with E-state index in [0.29, 0.717) is 17.7 Å². The number of Topliss-reactive ketones (excluding diaryl/α,β-unsaturated/α-hetero) is 1. The monoisotopic (exact) mass is 329 g/mol. The van der Waals surface area contributed by atoms with E-state index in [2.05, 4.69) is 0 Å². The fourth-order valence-corrected chi connectivity index (χ4v) is 4.31. The number of benzene rings is 1. The summed E-state index contributed by atoms with van der Waals surface area (Å²) in [7, 11) is -3.12. The maximum Gasteiger partial charge on any atom is 0.242 e. The van der Waals surface area contributed by atoms with Crippen LogP contribution in [0.15, 0.2) is 24.3 Å². The highest BCUT2D eigenvalue weighted by molar-refractivity contribution is 7.91. The average Bonchev–Trinajstić information content (AvgIpc) is 2.79. The zero-order valence-electron chi connectivity index (χ0n) is 11.6. The first-order valence-corrected chi connectivity index (χ1v) is 8.89. The van der Waals surface area contributed by atoms with Crippen molar-refractivity contribution in [3.8, 4) is 0 Å². The first-order chi connectivity index (χ1) is 9.84. The van der Waals surface area contributed by atoms with Gasteiger partial charge in [-0.3, -0.25) is 9.59 Å². The molecule has 1 aliphatic rings. The molecule has 1 amide bonds. The van der Waals surface area contributed by atoms with Crippen molar-refractivity contribution in [2.75, 3.05) is 22.3 Å². The second-order valence-corrected chi connectivity index (χ2v) is 7.56. The fraction of sp³-hybridized carbons (Fsp3) is 0.429. The summed E-state index contributed by atoms with van der Waals surface area (Å²) in [5, 5.41) is 0. The predicted molar refractivity (Wildman–Crippen MR) is 81.7 cm³/mol. The summed E-state index contributed by atoms with van der Waals surface area (Å²) < 4.78 is 23.3. The zero-order chi connectivity index (χ0) is 15.6. The molecule has 0 saturated carbocycles. The van der Waals surface area contributed by atoms with Crippen LogP contribution in [0, 0.1) is 0 Å². The van der Waals surface area contributed by atoms with Crippen LogP contribution in [0.5, 0.6) is 0 Å². The van der Waals surface area contributed by atoms with Gasteiger partial charge in [0.1, 0.15) is 5.88 Å². The van der Waals surface area contributed by atoms with Crippen molar-refractivity contribution in [1.82, 2.24) is 0 Å². The normalized spacial score (nSPS) is 20.2. The predicted octanol–water partition coefficient (Wildman–Crippen LogP) is 1.65. The summed E-state index contributed by atoms with van der Waals surface area (Å²) in [6.07, 6.45) is 0.384. The minimum absolute atomic E-state index is 0.0656. The summed E-state index contributed by atoms with van der Waals surface area (Å²) in [4.78, 5) is 25.0. The molecule has 1 atom stereocenters. The maximum absolute atomic E-state index is 12.1. The third kappa shape index (κ3) is 3.63. The highest BCUT2D eigenvalue weighted by Crippen LogP contribution is 2.26. The number of sulfone groups is 1. The highest BCUT2D eigenvalue weighted by Gasteiger charge is 2.35. The van der Waals surface area contributed by atoms with Crippen molar-refractivity contribution < 1.29 is 18.0 Å². The topological polar surface area (TPSA) is 71.5 Å². The van der Waals surface area contributed by atoms with Crippen LogP contribution in [0.2, 0.25) is 0 Å². The number of alkyl halides is 1. The summed E-state index contributed by atoms with van der Waals surface area (Å²) >= 11 is 5.64. The number of halogens is 1. The largest absolute Gasteiger partial charge is 0.307 e. The minimum Gasteiger partial charge on any atom is -0.307 e. The van der Waals surface area contributed by atoms with E-state index in [4.69, 9.17) is 11.6 Å². The number of amides is 1. The van der Waals surface area contributed by atoms with E-state index in [0.717, 1.165) is 0 Å². The lowest BCUT2D eigenvalue weighted by Gasteiger charge is -2.28. The molecule has 21 heavy (non-hydrogen) atoms. The van der Waals surface area contributed by atoms with Gasteiger partial charge in [0.25, 0.3) is 0 Å². The molecule has 0 N–H and O–H groups in total. The van der Waals surface area contributed by atoms with E-state index in [1.165, 1.54) is 11.8 Å². The minimum atomic E-state index is -3.12. The Labute approximate surface area is 128 Å². The number of ketones is 1. The molecule has 1 aromatic rings. The Bertz CT molecular complexity index is 671. The molecular formula is C14H16ClNO4S. The number of nitrogens with zero attached hydrogens (tertiary/aromatic N) is 1. The SMILES string of the molecule is CC(=O)c1cccc(N(C(=O)CCl)[C@@H]2CCS(=O)(=O)C2)c1. The summed E-state index contributed by atoms with van der Waals surface area (Å²) in [6.45, 7) is 1.44. The van der Waals surface area contributed by atoms with Crippen molar-refractivity contribution in [2.45, 2.75) is 19.4 Å². The second-order valence-electron chi connectivity index (χ2n) is 5.06. The van der Waals surface area contributed by atoms with Crippen LogP contribution in [0.4, 0.5) is 5.69 Å². The molecule has 2 rings (SSSR count). The number of rotatable bonds is 4.